The van der Waals surface area contributed by atoms with Crippen molar-refractivity contribution in [1.82, 2.24) is 14.3 Å². The fourth-order valence-corrected chi connectivity index (χ4v) is 1.54. The molecule has 1 aromatic heterocycles. The first-order valence-electron chi connectivity index (χ1n) is 4.36. The Hall–Kier alpha value is -0.880. The van der Waals surface area contributed by atoms with Gasteiger partial charge in [0.15, 0.2) is 0 Å². The first kappa shape index (κ1) is 11.2. The van der Waals surface area contributed by atoms with Crippen LogP contribution in [0.2, 0.25) is 0 Å². The topological polar surface area (TPSA) is 64.0 Å². The maximum absolute atomic E-state index is 10.9. The van der Waals surface area contributed by atoms with Crippen LogP contribution in [0.1, 0.15) is 25.7 Å². The van der Waals surface area contributed by atoms with Crippen LogP contribution in [0.4, 0.5) is 0 Å². The van der Waals surface area contributed by atoms with Gasteiger partial charge in [0, 0.05) is 18.4 Å². The van der Waals surface area contributed by atoms with Gasteiger partial charge < -0.3 is 4.57 Å². The van der Waals surface area contributed by atoms with E-state index in [0.29, 0.717) is 0 Å². The van der Waals surface area contributed by atoms with Gasteiger partial charge in [-0.3, -0.25) is 0 Å². The largest absolute Gasteiger partial charge is 0.331 e. The highest BCUT2D eigenvalue weighted by atomic mass is 32.2. The molecule has 0 atom stereocenters. The van der Waals surface area contributed by atoms with Crippen LogP contribution in [0, 0.1) is 0 Å². The quantitative estimate of drug-likeness (QED) is 0.799. The zero-order chi connectivity index (χ0) is 10.8. The van der Waals surface area contributed by atoms with Crippen molar-refractivity contribution in [2.75, 3.05) is 6.26 Å². The molecule has 0 aromatic carbocycles. The van der Waals surface area contributed by atoms with Gasteiger partial charge in [-0.05, 0) is 13.8 Å². The minimum atomic E-state index is -3.15. The summed E-state index contributed by atoms with van der Waals surface area (Å²) >= 11 is 0. The van der Waals surface area contributed by atoms with E-state index >= 15 is 0 Å². The highest BCUT2D eigenvalue weighted by Gasteiger charge is 2.07. The van der Waals surface area contributed by atoms with E-state index in [1.807, 2.05) is 24.6 Å². The predicted molar refractivity (Wildman–Crippen MR) is 54.3 cm³/mol. The standard InChI is InChI=1S/C8H15N3O2S/c1-7(2)11-5-4-9-8(11)6-10-14(3,12)13/h4-5,7,10H,6H2,1-3H3. The molecule has 1 N–H and O–H groups in total. The van der Waals surface area contributed by atoms with Crippen LogP contribution in [0.25, 0.3) is 0 Å². The molecule has 0 fully saturated rings. The lowest BCUT2D eigenvalue weighted by molar-refractivity contribution is 0.552. The molecular weight excluding hydrogens is 202 g/mol. The van der Waals surface area contributed by atoms with E-state index in [4.69, 9.17) is 0 Å². The van der Waals surface area contributed by atoms with Crippen molar-refractivity contribution in [2.45, 2.75) is 26.4 Å². The van der Waals surface area contributed by atoms with Crippen molar-refractivity contribution >= 4 is 10.0 Å². The molecular formula is C8H15N3O2S. The molecule has 0 unspecified atom stereocenters. The molecule has 14 heavy (non-hydrogen) atoms. The Morgan fingerprint density at radius 2 is 2.21 bits per heavy atom. The van der Waals surface area contributed by atoms with E-state index in [1.54, 1.807) is 6.20 Å². The molecule has 0 aliphatic rings. The van der Waals surface area contributed by atoms with Crippen molar-refractivity contribution in [1.29, 1.82) is 0 Å². The van der Waals surface area contributed by atoms with Crippen LogP contribution < -0.4 is 4.72 Å². The van der Waals surface area contributed by atoms with Crippen molar-refractivity contribution < 1.29 is 8.42 Å². The average molecular weight is 217 g/mol. The summed E-state index contributed by atoms with van der Waals surface area (Å²) in [5.74, 6) is 0.727. The fraction of sp³-hybridized carbons (Fsp3) is 0.625. The van der Waals surface area contributed by atoms with Crippen molar-refractivity contribution in [3.63, 3.8) is 0 Å². The van der Waals surface area contributed by atoms with E-state index in [-0.39, 0.29) is 12.6 Å². The Morgan fingerprint density at radius 3 is 2.71 bits per heavy atom. The molecule has 1 aromatic rings. The molecule has 0 radical (unpaired) electrons. The fourth-order valence-electron chi connectivity index (χ4n) is 1.15. The number of nitrogens with zero attached hydrogens (tertiary/aromatic N) is 2. The van der Waals surface area contributed by atoms with Gasteiger partial charge in [-0.15, -0.1) is 0 Å². The van der Waals surface area contributed by atoms with Gasteiger partial charge in [0.2, 0.25) is 10.0 Å². The van der Waals surface area contributed by atoms with Crippen LogP contribution in [-0.4, -0.2) is 24.2 Å². The number of hydrogen-bond donors (Lipinski definition) is 1. The second kappa shape index (κ2) is 4.10. The van der Waals surface area contributed by atoms with E-state index in [1.165, 1.54) is 0 Å². The molecule has 0 saturated carbocycles. The Labute approximate surface area is 84.2 Å². The van der Waals surface area contributed by atoms with Gasteiger partial charge in [0.05, 0.1) is 12.8 Å². The summed E-state index contributed by atoms with van der Waals surface area (Å²) in [7, 11) is -3.15. The molecule has 0 spiro atoms. The molecule has 0 amide bonds. The van der Waals surface area contributed by atoms with Crippen LogP contribution >= 0.6 is 0 Å². The van der Waals surface area contributed by atoms with Gasteiger partial charge in [-0.2, -0.15) is 0 Å². The lowest BCUT2D eigenvalue weighted by atomic mass is 10.4. The predicted octanol–water partition coefficient (Wildman–Crippen LogP) is 0.513. The number of imidazole rings is 1. The minimum Gasteiger partial charge on any atom is -0.331 e. The third kappa shape index (κ3) is 3.12. The summed E-state index contributed by atoms with van der Waals surface area (Å²) in [5.41, 5.74) is 0. The summed E-state index contributed by atoms with van der Waals surface area (Å²) in [6.45, 7) is 4.28. The number of sulfonamides is 1. The van der Waals surface area contributed by atoms with Gasteiger partial charge >= 0.3 is 0 Å². The Bertz CT molecular complexity index is 394. The van der Waals surface area contributed by atoms with Gasteiger partial charge in [0.25, 0.3) is 0 Å². The Kier molecular flexibility index (Phi) is 3.28. The minimum absolute atomic E-state index is 0.240. The maximum Gasteiger partial charge on any atom is 0.209 e. The lowest BCUT2D eigenvalue weighted by Gasteiger charge is -2.11. The highest BCUT2D eigenvalue weighted by molar-refractivity contribution is 7.88. The second-order valence-electron chi connectivity index (χ2n) is 3.44. The molecule has 1 rings (SSSR count). The van der Waals surface area contributed by atoms with E-state index in [9.17, 15) is 8.42 Å². The van der Waals surface area contributed by atoms with E-state index < -0.39 is 10.0 Å². The van der Waals surface area contributed by atoms with Gasteiger partial charge in [0.1, 0.15) is 5.82 Å². The number of hydrogen-bond acceptors (Lipinski definition) is 3. The highest BCUT2D eigenvalue weighted by Crippen LogP contribution is 2.07. The summed E-state index contributed by atoms with van der Waals surface area (Å²) in [6.07, 6.45) is 4.64. The summed E-state index contributed by atoms with van der Waals surface area (Å²) in [6, 6.07) is 0.286. The van der Waals surface area contributed by atoms with Crippen LogP contribution in [0.3, 0.4) is 0 Å². The first-order chi connectivity index (χ1) is 6.40. The maximum atomic E-state index is 10.9. The molecule has 0 aliphatic heterocycles. The van der Waals surface area contributed by atoms with Crippen LogP contribution in [0.5, 0.6) is 0 Å². The van der Waals surface area contributed by atoms with Crippen LogP contribution in [0.15, 0.2) is 12.4 Å². The first-order valence-corrected chi connectivity index (χ1v) is 6.25. The SMILES string of the molecule is CC(C)n1ccnc1CNS(C)(=O)=O. The lowest BCUT2D eigenvalue weighted by Crippen LogP contribution is -2.23. The van der Waals surface area contributed by atoms with E-state index in [0.717, 1.165) is 12.1 Å². The van der Waals surface area contributed by atoms with Crippen molar-refractivity contribution in [3.8, 4) is 0 Å². The molecule has 0 aliphatic carbocycles. The Morgan fingerprint density at radius 1 is 1.57 bits per heavy atom. The summed E-state index contributed by atoms with van der Waals surface area (Å²) in [4.78, 5) is 4.08. The molecule has 0 bridgehead atoms. The van der Waals surface area contributed by atoms with Crippen LogP contribution in [-0.2, 0) is 16.6 Å². The third-order valence-electron chi connectivity index (χ3n) is 1.80. The molecule has 0 saturated heterocycles. The monoisotopic (exact) mass is 217 g/mol. The second-order valence-corrected chi connectivity index (χ2v) is 5.27. The smallest absolute Gasteiger partial charge is 0.209 e. The van der Waals surface area contributed by atoms with Crippen molar-refractivity contribution in [2.24, 2.45) is 0 Å². The zero-order valence-electron chi connectivity index (χ0n) is 8.56. The molecule has 80 valence electrons. The Balaban J connectivity index is 2.72. The number of rotatable bonds is 4. The molecule has 1 heterocycles. The number of nitrogens with one attached hydrogen (secondary N) is 1. The summed E-state index contributed by atoms with van der Waals surface area (Å²) < 4.78 is 26.1. The zero-order valence-corrected chi connectivity index (χ0v) is 9.37. The molecule has 6 heteroatoms. The van der Waals surface area contributed by atoms with Crippen molar-refractivity contribution in [3.05, 3.63) is 18.2 Å². The average Bonchev–Trinajstić information content (AvgIpc) is 2.46. The molecule has 5 nitrogen and oxygen atoms in total. The number of aromatic nitrogens is 2. The van der Waals surface area contributed by atoms with E-state index in [2.05, 4.69) is 9.71 Å². The summed E-state index contributed by atoms with van der Waals surface area (Å²) in [5, 5.41) is 0. The van der Waals surface area contributed by atoms with Gasteiger partial charge in [-0.25, -0.2) is 18.1 Å². The third-order valence-corrected chi connectivity index (χ3v) is 2.47. The normalized spacial score (nSPS) is 12.3. The van der Waals surface area contributed by atoms with Gasteiger partial charge in [-0.1, -0.05) is 0 Å².